The third-order valence-electron chi connectivity index (χ3n) is 2.66. The van der Waals surface area contributed by atoms with Crippen LogP contribution in [0.4, 0.5) is 0 Å². The Hall–Kier alpha value is -0.0800. The summed E-state index contributed by atoms with van der Waals surface area (Å²) in [5, 5.41) is 0. The molecule has 86 valence electrons. The lowest BCUT2D eigenvalue weighted by Gasteiger charge is -2.22. The largest absolute Gasteiger partial charge is 0.381 e. The van der Waals surface area contributed by atoms with Gasteiger partial charge in [-0.1, -0.05) is 34.1 Å². The molecule has 0 rings (SSSR count). The predicted molar refractivity (Wildman–Crippen MR) is 62.3 cm³/mol. The lowest BCUT2D eigenvalue weighted by molar-refractivity contribution is 0.0799. The summed E-state index contributed by atoms with van der Waals surface area (Å²) in [6.45, 7) is 11.3. The summed E-state index contributed by atoms with van der Waals surface area (Å²) in [7, 11) is 0. The molecule has 1 atom stereocenters. The van der Waals surface area contributed by atoms with Crippen molar-refractivity contribution in [1.29, 1.82) is 0 Å². The fraction of sp³-hybridized carbons (Fsp3) is 1.00. The van der Waals surface area contributed by atoms with Crippen molar-refractivity contribution in [2.24, 2.45) is 17.1 Å². The molecule has 0 fully saturated rings. The van der Waals surface area contributed by atoms with Crippen LogP contribution in [0.25, 0.3) is 0 Å². The van der Waals surface area contributed by atoms with E-state index in [1.54, 1.807) is 0 Å². The number of hydrogen-bond donors (Lipinski definition) is 1. The Bertz CT molecular complexity index is 134. The molecule has 0 saturated carbocycles. The molecule has 2 nitrogen and oxygen atoms in total. The molecule has 0 spiro atoms. The molecule has 0 bridgehead atoms. The summed E-state index contributed by atoms with van der Waals surface area (Å²) < 4.78 is 5.63. The molecule has 0 aromatic carbocycles. The zero-order valence-electron chi connectivity index (χ0n) is 10.3. The number of hydrogen-bond acceptors (Lipinski definition) is 2. The smallest absolute Gasteiger partial charge is 0.0491 e. The van der Waals surface area contributed by atoms with Gasteiger partial charge in [-0.15, -0.1) is 0 Å². The quantitative estimate of drug-likeness (QED) is 0.613. The van der Waals surface area contributed by atoms with Gasteiger partial charge in [-0.05, 0) is 30.7 Å². The van der Waals surface area contributed by atoms with E-state index in [2.05, 4.69) is 27.7 Å². The van der Waals surface area contributed by atoms with Crippen LogP contribution in [0.15, 0.2) is 0 Å². The number of nitrogens with two attached hydrogens (primary N) is 1. The van der Waals surface area contributed by atoms with Crippen LogP contribution in [0.5, 0.6) is 0 Å². The maximum Gasteiger partial charge on any atom is 0.0491 e. The summed E-state index contributed by atoms with van der Waals surface area (Å²) in [6.07, 6.45) is 3.57. The third-order valence-corrected chi connectivity index (χ3v) is 2.66. The summed E-state index contributed by atoms with van der Waals surface area (Å²) >= 11 is 0. The van der Waals surface area contributed by atoms with E-state index >= 15 is 0 Å². The second kappa shape index (κ2) is 7.24. The van der Waals surface area contributed by atoms with Crippen LogP contribution >= 0.6 is 0 Å². The average Bonchev–Trinajstić information content (AvgIpc) is 2.13. The van der Waals surface area contributed by atoms with Crippen molar-refractivity contribution in [3.8, 4) is 0 Å². The van der Waals surface area contributed by atoms with Crippen molar-refractivity contribution < 1.29 is 4.74 Å². The SMILES string of the molecule is CCCC(C)COCCC(C)(C)CN. The molecule has 0 amide bonds. The molecule has 0 radical (unpaired) electrons. The third kappa shape index (κ3) is 7.34. The predicted octanol–water partition coefficient (Wildman–Crippen LogP) is 2.81. The lowest BCUT2D eigenvalue weighted by Crippen LogP contribution is -2.25. The van der Waals surface area contributed by atoms with E-state index in [1.165, 1.54) is 12.8 Å². The summed E-state index contributed by atoms with van der Waals surface area (Å²) in [5.41, 5.74) is 5.87. The first kappa shape index (κ1) is 13.9. The minimum atomic E-state index is 0.230. The fourth-order valence-corrected chi connectivity index (χ4v) is 1.31. The van der Waals surface area contributed by atoms with Gasteiger partial charge in [0.1, 0.15) is 0 Å². The molecule has 2 N–H and O–H groups in total. The molecule has 0 aliphatic heterocycles. The van der Waals surface area contributed by atoms with E-state index in [1.807, 2.05) is 0 Å². The Morgan fingerprint density at radius 3 is 2.50 bits per heavy atom. The number of rotatable bonds is 8. The van der Waals surface area contributed by atoms with Crippen LogP contribution < -0.4 is 5.73 Å². The zero-order valence-corrected chi connectivity index (χ0v) is 10.3. The van der Waals surface area contributed by atoms with E-state index in [-0.39, 0.29) is 5.41 Å². The van der Waals surface area contributed by atoms with Gasteiger partial charge in [-0.3, -0.25) is 0 Å². The van der Waals surface area contributed by atoms with Gasteiger partial charge in [0.25, 0.3) is 0 Å². The Kier molecular flexibility index (Phi) is 7.20. The van der Waals surface area contributed by atoms with Crippen molar-refractivity contribution >= 4 is 0 Å². The second-order valence-electron chi connectivity index (χ2n) is 5.09. The molecular weight excluding hydrogens is 174 g/mol. The molecule has 0 aliphatic rings. The van der Waals surface area contributed by atoms with Crippen LogP contribution in [0.1, 0.15) is 47.0 Å². The topological polar surface area (TPSA) is 35.2 Å². The number of ether oxygens (including phenoxy) is 1. The van der Waals surface area contributed by atoms with Gasteiger partial charge in [0.2, 0.25) is 0 Å². The normalized spacial score (nSPS) is 14.4. The second-order valence-corrected chi connectivity index (χ2v) is 5.09. The Morgan fingerprint density at radius 1 is 1.36 bits per heavy atom. The minimum Gasteiger partial charge on any atom is -0.381 e. The van der Waals surface area contributed by atoms with Crippen molar-refractivity contribution in [3.63, 3.8) is 0 Å². The van der Waals surface area contributed by atoms with Gasteiger partial charge in [0, 0.05) is 13.2 Å². The molecule has 0 aromatic rings. The van der Waals surface area contributed by atoms with Gasteiger partial charge in [0.15, 0.2) is 0 Å². The highest BCUT2D eigenvalue weighted by Crippen LogP contribution is 2.18. The Morgan fingerprint density at radius 2 is 2.00 bits per heavy atom. The van der Waals surface area contributed by atoms with Crippen LogP contribution in [-0.4, -0.2) is 19.8 Å². The lowest BCUT2D eigenvalue weighted by atomic mass is 9.90. The van der Waals surface area contributed by atoms with E-state index in [0.717, 1.165) is 26.2 Å². The molecule has 0 aliphatic carbocycles. The highest BCUT2D eigenvalue weighted by molar-refractivity contribution is 4.68. The van der Waals surface area contributed by atoms with E-state index < -0.39 is 0 Å². The summed E-state index contributed by atoms with van der Waals surface area (Å²) in [5.74, 6) is 0.695. The molecular formula is C12H27NO. The Labute approximate surface area is 89.2 Å². The van der Waals surface area contributed by atoms with Gasteiger partial charge >= 0.3 is 0 Å². The van der Waals surface area contributed by atoms with Gasteiger partial charge in [0.05, 0.1) is 0 Å². The Balaban J connectivity index is 3.37. The summed E-state index contributed by atoms with van der Waals surface area (Å²) in [6, 6.07) is 0. The minimum absolute atomic E-state index is 0.230. The highest BCUT2D eigenvalue weighted by atomic mass is 16.5. The zero-order chi connectivity index (χ0) is 11.0. The first-order chi connectivity index (χ1) is 6.52. The van der Waals surface area contributed by atoms with Gasteiger partial charge in [-0.25, -0.2) is 0 Å². The monoisotopic (exact) mass is 201 g/mol. The van der Waals surface area contributed by atoms with Gasteiger partial charge in [-0.2, -0.15) is 0 Å². The van der Waals surface area contributed by atoms with Crippen molar-refractivity contribution in [1.82, 2.24) is 0 Å². The van der Waals surface area contributed by atoms with Crippen molar-refractivity contribution in [2.45, 2.75) is 47.0 Å². The molecule has 0 heterocycles. The molecule has 0 saturated heterocycles. The van der Waals surface area contributed by atoms with E-state index in [9.17, 15) is 0 Å². The molecule has 1 unspecified atom stereocenters. The van der Waals surface area contributed by atoms with Crippen LogP contribution in [-0.2, 0) is 4.74 Å². The highest BCUT2D eigenvalue weighted by Gasteiger charge is 2.14. The standard InChI is InChI=1S/C12H27NO/c1-5-6-11(2)9-14-8-7-12(3,4)10-13/h11H,5-10,13H2,1-4H3. The first-order valence-electron chi connectivity index (χ1n) is 5.79. The first-order valence-corrected chi connectivity index (χ1v) is 5.79. The average molecular weight is 201 g/mol. The molecule has 14 heavy (non-hydrogen) atoms. The van der Waals surface area contributed by atoms with E-state index in [4.69, 9.17) is 10.5 Å². The van der Waals surface area contributed by atoms with Crippen molar-refractivity contribution in [2.75, 3.05) is 19.8 Å². The van der Waals surface area contributed by atoms with Gasteiger partial charge < -0.3 is 10.5 Å². The van der Waals surface area contributed by atoms with Crippen LogP contribution in [0.2, 0.25) is 0 Å². The maximum atomic E-state index is 5.64. The summed E-state index contributed by atoms with van der Waals surface area (Å²) in [4.78, 5) is 0. The fourth-order valence-electron chi connectivity index (χ4n) is 1.31. The van der Waals surface area contributed by atoms with Crippen molar-refractivity contribution in [3.05, 3.63) is 0 Å². The molecule has 2 heteroatoms. The molecule has 0 aromatic heterocycles. The maximum absolute atomic E-state index is 5.64. The van der Waals surface area contributed by atoms with Crippen LogP contribution in [0, 0.1) is 11.3 Å². The van der Waals surface area contributed by atoms with Crippen LogP contribution in [0.3, 0.4) is 0 Å². The van der Waals surface area contributed by atoms with E-state index in [0.29, 0.717) is 5.92 Å².